The number of nitrogens with zero attached hydrogens (tertiary/aromatic N) is 1. The predicted molar refractivity (Wildman–Crippen MR) is 79.5 cm³/mol. The SMILES string of the molecule is [O-][NH+]([O-])c1c(-c2ccc3ccccc3c2)ccnc1Cl. The van der Waals surface area contributed by atoms with Crippen molar-refractivity contribution in [1.82, 2.24) is 4.98 Å². The molecule has 5 heteroatoms. The van der Waals surface area contributed by atoms with E-state index in [-0.39, 0.29) is 10.8 Å². The molecular weight excluding hydrogens is 276 g/mol. The second-order valence-electron chi connectivity index (χ2n) is 4.37. The summed E-state index contributed by atoms with van der Waals surface area (Å²) in [5.41, 5.74) is 1.20. The minimum Gasteiger partial charge on any atom is -0.628 e. The van der Waals surface area contributed by atoms with E-state index in [1.54, 1.807) is 6.07 Å². The highest BCUT2D eigenvalue weighted by atomic mass is 35.5. The highest BCUT2D eigenvalue weighted by Crippen LogP contribution is 2.31. The van der Waals surface area contributed by atoms with Crippen LogP contribution in [0, 0.1) is 10.4 Å². The Morgan fingerprint density at radius 1 is 0.950 bits per heavy atom. The number of nitrogens with one attached hydrogen (secondary N) is 1. The molecule has 0 aliphatic rings. The Morgan fingerprint density at radius 2 is 1.70 bits per heavy atom. The van der Waals surface area contributed by atoms with Gasteiger partial charge in [0.15, 0.2) is 10.8 Å². The number of benzene rings is 2. The van der Waals surface area contributed by atoms with Crippen molar-refractivity contribution in [2.75, 3.05) is 0 Å². The standard InChI is InChI=1S/C15H10ClN2O2/c16-15-14(18(19)20)13(7-8-17-15)12-6-5-10-3-1-2-4-11(10)9-12/h1-9,18H/q-1. The van der Waals surface area contributed by atoms with E-state index in [2.05, 4.69) is 4.98 Å². The van der Waals surface area contributed by atoms with Crippen LogP contribution in [-0.4, -0.2) is 4.98 Å². The number of aromatic nitrogens is 1. The van der Waals surface area contributed by atoms with Gasteiger partial charge in [0.05, 0.1) is 0 Å². The molecule has 0 spiro atoms. The number of pyridine rings is 1. The lowest BCUT2D eigenvalue weighted by Gasteiger charge is -2.27. The summed E-state index contributed by atoms with van der Waals surface area (Å²) in [5.74, 6) is 0. The molecule has 0 atom stereocenters. The van der Waals surface area contributed by atoms with E-state index in [1.807, 2.05) is 42.5 Å². The molecule has 0 unspecified atom stereocenters. The summed E-state index contributed by atoms with van der Waals surface area (Å²) in [6.45, 7) is 0. The molecule has 2 aromatic carbocycles. The fraction of sp³-hybridized carbons (Fsp3) is 0. The molecule has 0 aliphatic heterocycles. The Bertz CT molecular complexity index is 775. The molecule has 3 aromatic rings. The molecule has 0 fully saturated rings. The molecule has 0 radical (unpaired) electrons. The quantitative estimate of drug-likeness (QED) is 0.581. The molecular formula is C15H10ClN2O2-. The first-order valence-corrected chi connectivity index (χ1v) is 6.39. The molecule has 100 valence electrons. The van der Waals surface area contributed by atoms with E-state index in [4.69, 9.17) is 11.6 Å². The van der Waals surface area contributed by atoms with E-state index < -0.39 is 5.23 Å². The van der Waals surface area contributed by atoms with Crippen LogP contribution in [0.1, 0.15) is 0 Å². The van der Waals surface area contributed by atoms with E-state index >= 15 is 0 Å². The fourth-order valence-corrected chi connectivity index (χ4v) is 2.46. The summed E-state index contributed by atoms with van der Waals surface area (Å²) in [6.07, 6.45) is 1.49. The summed E-state index contributed by atoms with van der Waals surface area (Å²) in [5, 5.41) is 23.2. The highest BCUT2D eigenvalue weighted by Gasteiger charge is 2.13. The van der Waals surface area contributed by atoms with Gasteiger partial charge in [-0.3, -0.25) is 0 Å². The number of fused-ring (bicyclic) bond motifs is 1. The number of rotatable bonds is 2. The second-order valence-corrected chi connectivity index (χ2v) is 4.73. The third-order valence-electron chi connectivity index (χ3n) is 3.17. The van der Waals surface area contributed by atoms with Crippen LogP contribution in [0.4, 0.5) is 5.69 Å². The average molecular weight is 286 g/mol. The van der Waals surface area contributed by atoms with Gasteiger partial charge in [-0.15, -0.1) is 0 Å². The van der Waals surface area contributed by atoms with Crippen molar-refractivity contribution in [3.8, 4) is 11.1 Å². The lowest BCUT2D eigenvalue weighted by molar-refractivity contribution is -0.714. The molecule has 3 rings (SSSR count). The Kier molecular flexibility index (Phi) is 3.38. The summed E-state index contributed by atoms with van der Waals surface area (Å²) in [4.78, 5) is 3.79. The van der Waals surface area contributed by atoms with Crippen LogP contribution in [0.15, 0.2) is 54.7 Å². The lowest BCUT2D eigenvalue weighted by atomic mass is 10.0. The predicted octanol–water partition coefficient (Wildman–Crippen LogP) is 3.07. The summed E-state index contributed by atoms with van der Waals surface area (Å²) in [6, 6.07) is 15.2. The fourth-order valence-electron chi connectivity index (χ4n) is 2.23. The molecule has 0 bridgehead atoms. The zero-order valence-electron chi connectivity index (χ0n) is 10.3. The van der Waals surface area contributed by atoms with Crippen LogP contribution >= 0.6 is 11.6 Å². The van der Waals surface area contributed by atoms with Gasteiger partial charge in [-0.2, -0.15) is 0 Å². The summed E-state index contributed by atoms with van der Waals surface area (Å²) in [7, 11) is 0. The summed E-state index contributed by atoms with van der Waals surface area (Å²) >= 11 is 5.86. The van der Waals surface area contributed by atoms with Gasteiger partial charge in [0.1, 0.15) is 0 Å². The van der Waals surface area contributed by atoms with Crippen LogP contribution in [0.3, 0.4) is 0 Å². The summed E-state index contributed by atoms with van der Waals surface area (Å²) < 4.78 is 0. The number of hydrogen-bond acceptors (Lipinski definition) is 3. The zero-order valence-corrected chi connectivity index (χ0v) is 11.1. The first-order valence-electron chi connectivity index (χ1n) is 6.02. The molecule has 0 amide bonds. The van der Waals surface area contributed by atoms with Gasteiger partial charge in [-0.25, -0.2) is 4.98 Å². The Hall–Kier alpha value is -1.98. The number of quaternary nitrogens is 1. The maximum absolute atomic E-state index is 11.2. The number of halogens is 1. The van der Waals surface area contributed by atoms with Crippen molar-refractivity contribution < 1.29 is 5.23 Å². The zero-order chi connectivity index (χ0) is 14.1. The van der Waals surface area contributed by atoms with Gasteiger partial charge in [0, 0.05) is 11.8 Å². The molecule has 1 N–H and O–H groups in total. The van der Waals surface area contributed by atoms with Gasteiger partial charge in [0.25, 0.3) is 0 Å². The van der Waals surface area contributed by atoms with Crippen LogP contribution in [-0.2, 0) is 0 Å². The van der Waals surface area contributed by atoms with Crippen LogP contribution < -0.4 is 5.23 Å². The molecule has 0 saturated heterocycles. The molecule has 20 heavy (non-hydrogen) atoms. The molecule has 4 nitrogen and oxygen atoms in total. The largest absolute Gasteiger partial charge is 0.628 e. The van der Waals surface area contributed by atoms with Crippen molar-refractivity contribution in [2.45, 2.75) is 0 Å². The van der Waals surface area contributed by atoms with Gasteiger partial charge in [0.2, 0.25) is 0 Å². The van der Waals surface area contributed by atoms with Crippen molar-refractivity contribution in [2.24, 2.45) is 0 Å². The smallest absolute Gasteiger partial charge is 0.191 e. The van der Waals surface area contributed by atoms with Crippen molar-refractivity contribution in [1.29, 1.82) is 0 Å². The average Bonchev–Trinajstić information content (AvgIpc) is 2.46. The lowest BCUT2D eigenvalue weighted by Crippen LogP contribution is -2.96. The Balaban J connectivity index is 2.23. The molecule has 0 saturated carbocycles. The minimum absolute atomic E-state index is 0.0596. The van der Waals surface area contributed by atoms with Crippen molar-refractivity contribution in [3.05, 3.63) is 70.3 Å². The maximum atomic E-state index is 11.2. The monoisotopic (exact) mass is 285 g/mol. The Labute approximate surface area is 120 Å². The third-order valence-corrected chi connectivity index (χ3v) is 3.46. The van der Waals surface area contributed by atoms with Crippen molar-refractivity contribution >= 4 is 28.1 Å². The van der Waals surface area contributed by atoms with E-state index in [9.17, 15) is 10.4 Å². The normalized spacial score (nSPS) is 11.2. The van der Waals surface area contributed by atoms with Gasteiger partial charge in [-0.1, -0.05) is 48.0 Å². The third kappa shape index (κ3) is 2.26. The van der Waals surface area contributed by atoms with Crippen molar-refractivity contribution in [3.63, 3.8) is 0 Å². The number of hydrogen-bond donors (Lipinski definition) is 1. The molecule has 0 aliphatic carbocycles. The van der Waals surface area contributed by atoms with Gasteiger partial charge < -0.3 is 15.6 Å². The molecule has 1 aromatic heterocycles. The topological polar surface area (TPSA) is 63.5 Å². The van der Waals surface area contributed by atoms with E-state index in [1.165, 1.54) is 6.20 Å². The first-order chi connectivity index (χ1) is 9.66. The van der Waals surface area contributed by atoms with E-state index in [0.29, 0.717) is 5.56 Å². The van der Waals surface area contributed by atoms with Gasteiger partial charge >= 0.3 is 0 Å². The molecule has 1 heterocycles. The second kappa shape index (κ2) is 5.19. The van der Waals surface area contributed by atoms with Crippen LogP contribution in [0.2, 0.25) is 5.15 Å². The van der Waals surface area contributed by atoms with Crippen LogP contribution in [0.5, 0.6) is 0 Å². The maximum Gasteiger partial charge on any atom is 0.191 e. The van der Waals surface area contributed by atoms with Crippen LogP contribution in [0.25, 0.3) is 21.9 Å². The first kappa shape index (κ1) is 13.0. The minimum atomic E-state index is -1.33. The Morgan fingerprint density at radius 3 is 2.45 bits per heavy atom. The van der Waals surface area contributed by atoms with E-state index in [0.717, 1.165) is 16.3 Å². The van der Waals surface area contributed by atoms with Gasteiger partial charge in [-0.05, 0) is 28.5 Å². The highest BCUT2D eigenvalue weighted by molar-refractivity contribution is 6.32.